The Balaban J connectivity index is 1.65. The van der Waals surface area contributed by atoms with Crippen LogP contribution in [0, 0.1) is 12.7 Å². The molecule has 0 bridgehead atoms. The number of nitrogens with zero attached hydrogens (tertiary/aromatic N) is 2. The van der Waals surface area contributed by atoms with Gasteiger partial charge < -0.3 is 19.6 Å². The highest BCUT2D eigenvalue weighted by molar-refractivity contribution is 6.46. The van der Waals surface area contributed by atoms with Gasteiger partial charge in [0.25, 0.3) is 11.7 Å². The van der Waals surface area contributed by atoms with Gasteiger partial charge in [0.05, 0.1) is 11.6 Å². The molecule has 1 heterocycles. The maximum Gasteiger partial charge on any atom is 0.295 e. The second kappa shape index (κ2) is 10.7. The Bertz CT molecular complexity index is 1300. The van der Waals surface area contributed by atoms with Crippen LogP contribution in [0.1, 0.15) is 28.3 Å². The lowest BCUT2D eigenvalue weighted by molar-refractivity contribution is -0.140. The number of halogens is 1. The molecule has 0 spiro atoms. The summed E-state index contributed by atoms with van der Waals surface area (Å²) in [7, 11) is 3.69. The summed E-state index contributed by atoms with van der Waals surface area (Å²) in [6, 6.07) is 19.6. The molecular formula is C29H29FN2O4. The highest BCUT2D eigenvalue weighted by Gasteiger charge is 2.46. The molecular weight excluding hydrogens is 459 g/mol. The summed E-state index contributed by atoms with van der Waals surface area (Å²) in [6.45, 7) is 3.08. The van der Waals surface area contributed by atoms with E-state index < -0.39 is 23.5 Å². The highest BCUT2D eigenvalue weighted by Crippen LogP contribution is 2.40. The molecule has 0 saturated carbocycles. The van der Waals surface area contributed by atoms with Gasteiger partial charge >= 0.3 is 0 Å². The van der Waals surface area contributed by atoms with Crippen molar-refractivity contribution in [3.05, 3.63) is 106 Å². The monoisotopic (exact) mass is 488 g/mol. The number of ether oxygens (including phenoxy) is 1. The number of aliphatic hydroxyl groups is 1. The summed E-state index contributed by atoms with van der Waals surface area (Å²) < 4.78 is 20.7. The lowest BCUT2D eigenvalue weighted by Gasteiger charge is -2.26. The van der Waals surface area contributed by atoms with E-state index in [1.165, 1.54) is 17.0 Å². The number of benzene rings is 3. The number of hydrogen-bond acceptors (Lipinski definition) is 5. The van der Waals surface area contributed by atoms with Crippen LogP contribution in [-0.2, 0) is 16.2 Å². The number of Topliss-reactive ketones (excluding diaryl/α,β-unsaturated/α-hetero) is 1. The number of aryl methyl sites for hydroxylation is 1. The zero-order valence-electron chi connectivity index (χ0n) is 20.6. The molecule has 1 N–H and O–H groups in total. The number of likely N-dealkylation sites (N-methyl/N-ethyl adjacent to an activating group) is 1. The standard InChI is InChI=1S/C29H29FN2O4/c1-19-7-6-8-20(17-19)18-36-22-13-11-21(12-14-22)27(33)25-26(23-9-4-5-10-24(23)30)32(16-15-31(2)3)29(35)28(25)34/h4-14,17,26,33H,15-16,18H2,1-3H3/b27-25-. The van der Waals surface area contributed by atoms with Gasteiger partial charge in [0.2, 0.25) is 0 Å². The number of ketones is 1. The van der Waals surface area contributed by atoms with E-state index in [0.717, 1.165) is 11.1 Å². The lowest BCUT2D eigenvalue weighted by atomic mass is 9.95. The molecule has 3 aromatic rings. The van der Waals surface area contributed by atoms with Gasteiger partial charge in [-0.25, -0.2) is 4.39 Å². The van der Waals surface area contributed by atoms with Gasteiger partial charge in [-0.15, -0.1) is 0 Å². The predicted molar refractivity (Wildman–Crippen MR) is 136 cm³/mol. The molecule has 1 aliphatic rings. The Hall–Kier alpha value is -3.97. The Labute approximate surface area is 210 Å². The molecule has 7 heteroatoms. The maximum absolute atomic E-state index is 14.8. The van der Waals surface area contributed by atoms with Crippen LogP contribution in [0.3, 0.4) is 0 Å². The van der Waals surface area contributed by atoms with E-state index in [-0.39, 0.29) is 23.4 Å². The SMILES string of the molecule is Cc1cccc(COc2ccc(/C(O)=C3/C(=O)C(=O)N(CCN(C)C)C3c3ccccc3F)cc2)c1. The van der Waals surface area contributed by atoms with E-state index in [2.05, 4.69) is 0 Å². The number of rotatable bonds is 8. The van der Waals surface area contributed by atoms with E-state index in [0.29, 0.717) is 24.5 Å². The number of aliphatic hydroxyl groups excluding tert-OH is 1. The van der Waals surface area contributed by atoms with Crippen molar-refractivity contribution < 1.29 is 23.8 Å². The number of carbonyl (C=O) groups excluding carboxylic acids is 2. The van der Waals surface area contributed by atoms with Gasteiger partial charge in [0.1, 0.15) is 23.9 Å². The average molecular weight is 489 g/mol. The zero-order chi connectivity index (χ0) is 25.8. The summed E-state index contributed by atoms with van der Waals surface area (Å²) in [6.07, 6.45) is 0. The molecule has 0 radical (unpaired) electrons. The summed E-state index contributed by atoms with van der Waals surface area (Å²) >= 11 is 0. The molecule has 1 saturated heterocycles. The molecule has 1 atom stereocenters. The first kappa shape index (κ1) is 25.1. The minimum Gasteiger partial charge on any atom is -0.507 e. The largest absolute Gasteiger partial charge is 0.507 e. The quantitative estimate of drug-likeness (QED) is 0.283. The molecule has 6 nitrogen and oxygen atoms in total. The Morgan fingerprint density at radius 1 is 1.03 bits per heavy atom. The van der Waals surface area contributed by atoms with Crippen molar-refractivity contribution in [2.75, 3.05) is 27.2 Å². The highest BCUT2D eigenvalue weighted by atomic mass is 19.1. The van der Waals surface area contributed by atoms with E-state index >= 15 is 0 Å². The van der Waals surface area contributed by atoms with Gasteiger partial charge in [-0.05, 0) is 56.9 Å². The fourth-order valence-corrected chi connectivity index (χ4v) is 4.27. The summed E-state index contributed by atoms with van der Waals surface area (Å²) in [5.41, 5.74) is 2.55. The Morgan fingerprint density at radius 2 is 1.75 bits per heavy atom. The summed E-state index contributed by atoms with van der Waals surface area (Å²) in [4.78, 5) is 29.2. The molecule has 1 fully saturated rings. The fourth-order valence-electron chi connectivity index (χ4n) is 4.27. The van der Waals surface area contributed by atoms with E-state index in [1.807, 2.05) is 50.2 Å². The third kappa shape index (κ3) is 5.31. The molecule has 1 unspecified atom stereocenters. The van der Waals surface area contributed by atoms with Crippen molar-refractivity contribution in [2.24, 2.45) is 0 Å². The van der Waals surface area contributed by atoms with Crippen LogP contribution in [0.25, 0.3) is 5.76 Å². The lowest BCUT2D eigenvalue weighted by Crippen LogP contribution is -2.35. The maximum atomic E-state index is 14.8. The first-order chi connectivity index (χ1) is 17.3. The summed E-state index contributed by atoms with van der Waals surface area (Å²) in [5.74, 6) is -1.90. The van der Waals surface area contributed by atoms with Crippen molar-refractivity contribution >= 4 is 17.4 Å². The van der Waals surface area contributed by atoms with Crippen LogP contribution >= 0.6 is 0 Å². The van der Waals surface area contributed by atoms with Gasteiger partial charge in [0, 0.05) is 24.2 Å². The van der Waals surface area contributed by atoms with Crippen LogP contribution in [0.5, 0.6) is 5.75 Å². The fraction of sp³-hybridized carbons (Fsp3) is 0.241. The van der Waals surface area contributed by atoms with Crippen LogP contribution in [0.15, 0.2) is 78.4 Å². The minimum atomic E-state index is -1.02. The Morgan fingerprint density at radius 3 is 2.42 bits per heavy atom. The second-order valence-corrected chi connectivity index (χ2v) is 9.12. The number of carbonyl (C=O) groups is 2. The predicted octanol–water partition coefficient (Wildman–Crippen LogP) is 4.70. The van der Waals surface area contributed by atoms with Gasteiger partial charge in [-0.2, -0.15) is 0 Å². The number of hydrogen-bond donors (Lipinski definition) is 1. The first-order valence-corrected chi connectivity index (χ1v) is 11.7. The second-order valence-electron chi connectivity index (χ2n) is 9.12. The van der Waals surface area contributed by atoms with E-state index in [9.17, 15) is 19.1 Å². The van der Waals surface area contributed by atoms with Crippen LogP contribution in [-0.4, -0.2) is 53.8 Å². The smallest absolute Gasteiger partial charge is 0.295 e. The zero-order valence-corrected chi connectivity index (χ0v) is 20.6. The van der Waals surface area contributed by atoms with Crippen LogP contribution in [0.4, 0.5) is 4.39 Å². The van der Waals surface area contributed by atoms with Crippen molar-refractivity contribution in [1.29, 1.82) is 0 Å². The van der Waals surface area contributed by atoms with Crippen LogP contribution in [0.2, 0.25) is 0 Å². The van der Waals surface area contributed by atoms with Crippen molar-refractivity contribution in [3.63, 3.8) is 0 Å². The van der Waals surface area contributed by atoms with Crippen molar-refractivity contribution in [1.82, 2.24) is 9.80 Å². The van der Waals surface area contributed by atoms with Crippen molar-refractivity contribution in [2.45, 2.75) is 19.6 Å². The normalized spacial score (nSPS) is 17.1. The number of likely N-dealkylation sites (tertiary alicyclic amines) is 1. The van der Waals surface area contributed by atoms with Crippen molar-refractivity contribution in [3.8, 4) is 5.75 Å². The summed E-state index contributed by atoms with van der Waals surface area (Å²) in [5, 5.41) is 11.2. The first-order valence-electron chi connectivity index (χ1n) is 11.7. The molecule has 4 rings (SSSR count). The molecule has 36 heavy (non-hydrogen) atoms. The number of amides is 1. The Kier molecular flexibility index (Phi) is 7.50. The molecule has 186 valence electrons. The van der Waals surface area contributed by atoms with Gasteiger partial charge in [-0.3, -0.25) is 9.59 Å². The topological polar surface area (TPSA) is 70.1 Å². The molecule has 1 amide bonds. The van der Waals surface area contributed by atoms with E-state index in [4.69, 9.17) is 4.74 Å². The minimum absolute atomic E-state index is 0.128. The average Bonchev–Trinajstić information content (AvgIpc) is 3.11. The third-order valence-corrected chi connectivity index (χ3v) is 6.14. The van der Waals surface area contributed by atoms with Gasteiger partial charge in [-0.1, -0.05) is 48.0 Å². The molecule has 0 aliphatic carbocycles. The molecule has 1 aliphatic heterocycles. The van der Waals surface area contributed by atoms with Gasteiger partial charge in [0.15, 0.2) is 0 Å². The molecule has 0 aromatic heterocycles. The molecule has 3 aromatic carbocycles. The van der Waals surface area contributed by atoms with E-state index in [1.54, 1.807) is 36.4 Å². The third-order valence-electron chi connectivity index (χ3n) is 6.14. The van der Waals surface area contributed by atoms with Crippen LogP contribution < -0.4 is 4.74 Å².